The summed E-state index contributed by atoms with van der Waals surface area (Å²) < 4.78 is 0. The number of rotatable bonds is 6. The van der Waals surface area contributed by atoms with E-state index >= 15 is 0 Å². The Bertz CT molecular complexity index is 705. The van der Waals surface area contributed by atoms with E-state index in [1.54, 1.807) is 0 Å². The molecule has 0 radical (unpaired) electrons. The normalized spacial score (nSPS) is 13.4. The molecule has 2 heterocycles. The van der Waals surface area contributed by atoms with Crippen molar-refractivity contribution >= 4 is 11.6 Å². The van der Waals surface area contributed by atoms with Crippen molar-refractivity contribution in [1.82, 2.24) is 9.88 Å². The number of carbonyl (C=O) groups is 1. The van der Waals surface area contributed by atoms with E-state index in [0.29, 0.717) is 12.2 Å². The summed E-state index contributed by atoms with van der Waals surface area (Å²) in [7, 11) is 0. The van der Waals surface area contributed by atoms with Crippen LogP contribution in [-0.4, -0.2) is 35.4 Å². The number of hydrogen-bond donors (Lipinski definition) is 0. The maximum atomic E-state index is 12.8. The summed E-state index contributed by atoms with van der Waals surface area (Å²) in [5.41, 5.74) is 4.24. The van der Waals surface area contributed by atoms with Gasteiger partial charge in [-0.25, -0.2) is 4.98 Å². The molecule has 4 heteroatoms. The van der Waals surface area contributed by atoms with Crippen LogP contribution in [0.1, 0.15) is 48.3 Å². The summed E-state index contributed by atoms with van der Waals surface area (Å²) in [5, 5.41) is 0. The van der Waals surface area contributed by atoms with Gasteiger partial charge in [0, 0.05) is 26.2 Å². The van der Waals surface area contributed by atoms with Crippen LogP contribution in [0, 0.1) is 0 Å². The minimum absolute atomic E-state index is 0.0265. The third-order valence-corrected chi connectivity index (χ3v) is 4.74. The number of anilines is 1. The third-order valence-electron chi connectivity index (χ3n) is 4.74. The van der Waals surface area contributed by atoms with Gasteiger partial charge in [-0.2, -0.15) is 0 Å². The fourth-order valence-electron chi connectivity index (χ4n) is 3.44. The van der Waals surface area contributed by atoms with Crippen LogP contribution >= 0.6 is 0 Å². The Labute approximate surface area is 150 Å². The van der Waals surface area contributed by atoms with E-state index in [1.807, 2.05) is 29.3 Å². The van der Waals surface area contributed by atoms with Crippen molar-refractivity contribution in [2.45, 2.75) is 39.7 Å². The topological polar surface area (TPSA) is 36.4 Å². The fourth-order valence-corrected chi connectivity index (χ4v) is 3.44. The Kier molecular flexibility index (Phi) is 5.69. The number of benzene rings is 1. The molecule has 2 aromatic rings. The van der Waals surface area contributed by atoms with Gasteiger partial charge in [-0.3, -0.25) is 4.79 Å². The van der Waals surface area contributed by atoms with E-state index in [2.05, 4.69) is 41.9 Å². The van der Waals surface area contributed by atoms with Crippen molar-refractivity contribution in [2.24, 2.45) is 0 Å². The lowest BCUT2D eigenvalue weighted by Crippen LogP contribution is -2.36. The molecule has 0 N–H and O–H groups in total. The molecular weight excluding hydrogens is 310 g/mol. The van der Waals surface area contributed by atoms with Crippen LogP contribution in [0.25, 0.3) is 0 Å². The Morgan fingerprint density at radius 3 is 2.44 bits per heavy atom. The van der Waals surface area contributed by atoms with E-state index in [9.17, 15) is 4.79 Å². The number of fused-ring (bicyclic) bond motifs is 1. The third kappa shape index (κ3) is 4.01. The average molecular weight is 337 g/mol. The van der Waals surface area contributed by atoms with Crippen LogP contribution in [0.3, 0.4) is 0 Å². The highest BCUT2D eigenvalue weighted by Gasteiger charge is 2.22. The van der Waals surface area contributed by atoms with Crippen LogP contribution in [-0.2, 0) is 13.0 Å². The van der Waals surface area contributed by atoms with Crippen molar-refractivity contribution in [3.05, 3.63) is 59.4 Å². The lowest BCUT2D eigenvalue weighted by Gasteiger charge is -2.29. The summed E-state index contributed by atoms with van der Waals surface area (Å²) in [6.45, 7) is 7.84. The van der Waals surface area contributed by atoms with E-state index < -0.39 is 0 Å². The van der Waals surface area contributed by atoms with Gasteiger partial charge in [-0.15, -0.1) is 0 Å². The van der Waals surface area contributed by atoms with Gasteiger partial charge in [0.15, 0.2) is 0 Å². The summed E-state index contributed by atoms with van der Waals surface area (Å²) in [5.74, 6) is 0.0265. The van der Waals surface area contributed by atoms with Crippen molar-refractivity contribution in [2.75, 3.05) is 24.5 Å². The fraction of sp³-hybridized carbons (Fsp3) is 0.429. The molecule has 3 rings (SSSR count). The zero-order chi connectivity index (χ0) is 17.6. The lowest BCUT2D eigenvalue weighted by atomic mass is 10.00. The minimum atomic E-state index is 0.0265. The smallest absolute Gasteiger partial charge is 0.272 e. The van der Waals surface area contributed by atoms with Crippen molar-refractivity contribution in [3.63, 3.8) is 0 Å². The lowest BCUT2D eigenvalue weighted by molar-refractivity contribution is 0.0729. The first-order chi connectivity index (χ1) is 12.2. The first-order valence-corrected chi connectivity index (χ1v) is 9.30. The molecule has 0 spiro atoms. The predicted octanol–water partition coefficient (Wildman–Crippen LogP) is 3.91. The molecule has 1 aliphatic heterocycles. The van der Waals surface area contributed by atoms with Crippen LogP contribution in [0.2, 0.25) is 0 Å². The van der Waals surface area contributed by atoms with Crippen LogP contribution < -0.4 is 4.90 Å². The summed E-state index contributed by atoms with van der Waals surface area (Å²) in [6.07, 6.45) is 4.97. The second kappa shape index (κ2) is 8.15. The van der Waals surface area contributed by atoms with E-state index in [1.165, 1.54) is 11.1 Å². The summed E-state index contributed by atoms with van der Waals surface area (Å²) in [4.78, 5) is 21.5. The molecule has 4 nitrogen and oxygen atoms in total. The van der Waals surface area contributed by atoms with E-state index in [4.69, 9.17) is 0 Å². The van der Waals surface area contributed by atoms with Gasteiger partial charge in [-0.05, 0) is 42.5 Å². The first kappa shape index (κ1) is 17.5. The van der Waals surface area contributed by atoms with Gasteiger partial charge in [-0.1, -0.05) is 38.1 Å². The molecule has 0 saturated heterocycles. The highest BCUT2D eigenvalue weighted by Crippen LogP contribution is 2.21. The molecule has 0 unspecified atom stereocenters. The van der Waals surface area contributed by atoms with Crippen LogP contribution in [0.5, 0.6) is 0 Å². The highest BCUT2D eigenvalue weighted by atomic mass is 16.2. The molecule has 1 aromatic heterocycles. The Morgan fingerprint density at radius 2 is 1.80 bits per heavy atom. The maximum absolute atomic E-state index is 12.8. The van der Waals surface area contributed by atoms with Crippen LogP contribution in [0.4, 0.5) is 5.69 Å². The number of pyridine rings is 1. The molecule has 0 saturated carbocycles. The average Bonchev–Trinajstić information content (AvgIpc) is 2.67. The van der Waals surface area contributed by atoms with Gasteiger partial charge < -0.3 is 9.80 Å². The molecule has 0 bridgehead atoms. The SMILES string of the molecule is CCCN(CCC)c1ccc(C(=O)N2CCc3ccccc3C2)nc1. The second-order valence-corrected chi connectivity index (χ2v) is 6.63. The second-order valence-electron chi connectivity index (χ2n) is 6.63. The molecule has 0 atom stereocenters. The summed E-state index contributed by atoms with van der Waals surface area (Å²) in [6, 6.07) is 12.3. The van der Waals surface area contributed by atoms with E-state index in [-0.39, 0.29) is 5.91 Å². The first-order valence-electron chi connectivity index (χ1n) is 9.30. The van der Waals surface area contributed by atoms with Crippen LogP contribution in [0.15, 0.2) is 42.6 Å². The minimum Gasteiger partial charge on any atom is -0.370 e. The standard InChI is InChI=1S/C21H27N3O/c1-3-12-23(13-4-2)19-9-10-20(22-15-19)21(25)24-14-11-17-7-5-6-8-18(17)16-24/h5-10,15H,3-4,11-14,16H2,1-2H3. The highest BCUT2D eigenvalue weighted by molar-refractivity contribution is 5.92. The zero-order valence-corrected chi connectivity index (χ0v) is 15.2. The zero-order valence-electron chi connectivity index (χ0n) is 15.2. The van der Waals surface area contributed by atoms with Crippen molar-refractivity contribution < 1.29 is 4.79 Å². The molecule has 1 aliphatic rings. The number of amides is 1. The number of aromatic nitrogens is 1. The maximum Gasteiger partial charge on any atom is 0.272 e. The number of nitrogens with zero attached hydrogens (tertiary/aromatic N) is 3. The molecule has 132 valence electrons. The molecular formula is C21H27N3O. The van der Waals surface area contributed by atoms with Gasteiger partial charge in [0.1, 0.15) is 5.69 Å². The Balaban J connectivity index is 1.71. The van der Waals surface area contributed by atoms with E-state index in [0.717, 1.165) is 44.6 Å². The molecule has 0 fully saturated rings. The summed E-state index contributed by atoms with van der Waals surface area (Å²) >= 11 is 0. The van der Waals surface area contributed by atoms with Crippen molar-refractivity contribution in [1.29, 1.82) is 0 Å². The van der Waals surface area contributed by atoms with Gasteiger partial charge in [0.2, 0.25) is 0 Å². The monoisotopic (exact) mass is 337 g/mol. The largest absolute Gasteiger partial charge is 0.370 e. The molecule has 1 aromatic carbocycles. The number of carbonyl (C=O) groups excluding carboxylic acids is 1. The molecule has 0 aliphatic carbocycles. The molecule has 25 heavy (non-hydrogen) atoms. The Morgan fingerprint density at radius 1 is 1.08 bits per heavy atom. The van der Waals surface area contributed by atoms with Gasteiger partial charge >= 0.3 is 0 Å². The van der Waals surface area contributed by atoms with Crippen molar-refractivity contribution in [3.8, 4) is 0 Å². The van der Waals surface area contributed by atoms with Gasteiger partial charge in [0.25, 0.3) is 5.91 Å². The molecule has 1 amide bonds. The Hall–Kier alpha value is -2.36. The van der Waals surface area contributed by atoms with Gasteiger partial charge in [0.05, 0.1) is 11.9 Å². The quantitative estimate of drug-likeness (QED) is 0.802. The predicted molar refractivity (Wildman–Crippen MR) is 102 cm³/mol. The number of hydrogen-bond acceptors (Lipinski definition) is 3.